The fraction of sp³-hybridized carbons (Fsp3) is 0.611. The van der Waals surface area contributed by atoms with Gasteiger partial charge in [-0.15, -0.1) is 10.2 Å². The molecule has 4 heterocycles. The number of hydrogen-bond acceptors (Lipinski definition) is 7. The molecule has 0 amide bonds. The maximum Gasteiger partial charge on any atom is 0.229 e. The van der Waals surface area contributed by atoms with Crippen LogP contribution in [0.25, 0.3) is 5.65 Å². The molecule has 0 bridgehead atoms. The summed E-state index contributed by atoms with van der Waals surface area (Å²) >= 11 is 0. The maximum absolute atomic E-state index is 5.43. The fourth-order valence-corrected chi connectivity index (χ4v) is 3.85. The van der Waals surface area contributed by atoms with Crippen molar-refractivity contribution in [2.24, 2.45) is 0 Å². The van der Waals surface area contributed by atoms with Gasteiger partial charge in [0.15, 0.2) is 17.3 Å². The van der Waals surface area contributed by atoms with Gasteiger partial charge in [0, 0.05) is 11.8 Å². The minimum Gasteiger partial charge on any atom is -0.339 e. The highest BCUT2D eigenvalue weighted by atomic mass is 16.5. The number of piperidine rings is 1. The van der Waals surface area contributed by atoms with Gasteiger partial charge in [-0.3, -0.25) is 4.90 Å². The van der Waals surface area contributed by atoms with Crippen LogP contribution in [0.4, 0.5) is 0 Å². The fourth-order valence-electron chi connectivity index (χ4n) is 3.85. The van der Waals surface area contributed by atoms with E-state index < -0.39 is 0 Å². The van der Waals surface area contributed by atoms with Gasteiger partial charge >= 0.3 is 0 Å². The molecule has 1 aliphatic carbocycles. The second-order valence-electron chi connectivity index (χ2n) is 7.53. The van der Waals surface area contributed by atoms with Gasteiger partial charge in [-0.25, -0.2) is 0 Å². The predicted molar refractivity (Wildman–Crippen MR) is 93.7 cm³/mol. The molecule has 5 rings (SSSR count). The quantitative estimate of drug-likeness (QED) is 0.712. The minimum absolute atomic E-state index is 0.395. The summed E-state index contributed by atoms with van der Waals surface area (Å²) in [4.78, 5) is 6.99. The van der Waals surface area contributed by atoms with Crippen LogP contribution in [-0.2, 0) is 6.54 Å². The van der Waals surface area contributed by atoms with E-state index in [0.29, 0.717) is 11.8 Å². The van der Waals surface area contributed by atoms with Crippen LogP contribution in [0.15, 0.2) is 16.7 Å². The Hall–Kier alpha value is -2.35. The van der Waals surface area contributed by atoms with Crippen molar-refractivity contribution in [3.05, 3.63) is 35.4 Å². The Balaban J connectivity index is 1.23. The van der Waals surface area contributed by atoms with Crippen LogP contribution in [-0.4, -0.2) is 47.9 Å². The van der Waals surface area contributed by atoms with Crippen molar-refractivity contribution in [3.8, 4) is 0 Å². The van der Waals surface area contributed by atoms with Gasteiger partial charge in [0.2, 0.25) is 5.89 Å². The third-order valence-electron chi connectivity index (χ3n) is 5.68. The van der Waals surface area contributed by atoms with Crippen molar-refractivity contribution in [1.29, 1.82) is 0 Å². The molecule has 3 aromatic heterocycles. The molecule has 2 fully saturated rings. The highest BCUT2D eigenvalue weighted by molar-refractivity contribution is 5.36. The smallest absolute Gasteiger partial charge is 0.229 e. The molecule has 0 spiro atoms. The first-order valence-corrected chi connectivity index (χ1v) is 9.50. The molecular formula is C18H23N7O. The standard InChI is InChI=1S/C18H23N7O/c1-12-5-6-16-20-21-17(25(16)22-12)13-7-9-24(10-8-13)11-15-19-18(26-23-15)14-3-2-4-14/h5-6,13-14H,2-4,7-11H2,1H3. The average Bonchev–Trinajstić information content (AvgIpc) is 3.21. The third-order valence-corrected chi connectivity index (χ3v) is 5.68. The Bertz CT molecular complexity index is 905. The Morgan fingerprint density at radius 3 is 2.69 bits per heavy atom. The number of aromatic nitrogens is 6. The highest BCUT2D eigenvalue weighted by Crippen LogP contribution is 2.35. The summed E-state index contributed by atoms with van der Waals surface area (Å²) in [7, 11) is 0. The van der Waals surface area contributed by atoms with E-state index >= 15 is 0 Å². The zero-order chi connectivity index (χ0) is 17.5. The van der Waals surface area contributed by atoms with E-state index in [1.165, 1.54) is 19.3 Å². The number of aryl methyl sites for hydroxylation is 1. The molecular weight excluding hydrogens is 330 g/mol. The Labute approximate surface area is 151 Å². The van der Waals surface area contributed by atoms with Gasteiger partial charge in [0.05, 0.1) is 12.2 Å². The molecule has 3 aromatic rings. The Kier molecular flexibility index (Phi) is 3.92. The monoisotopic (exact) mass is 353 g/mol. The number of rotatable bonds is 4. The van der Waals surface area contributed by atoms with Crippen molar-refractivity contribution in [1.82, 2.24) is 34.9 Å². The van der Waals surface area contributed by atoms with Crippen molar-refractivity contribution >= 4 is 5.65 Å². The van der Waals surface area contributed by atoms with Gasteiger partial charge in [-0.05, 0) is 57.8 Å². The van der Waals surface area contributed by atoms with Crippen molar-refractivity contribution in [2.45, 2.75) is 57.4 Å². The molecule has 0 radical (unpaired) electrons. The van der Waals surface area contributed by atoms with Crippen molar-refractivity contribution in [2.75, 3.05) is 13.1 Å². The molecule has 0 atom stereocenters. The average molecular weight is 353 g/mol. The molecule has 0 N–H and O–H groups in total. The van der Waals surface area contributed by atoms with E-state index in [1.54, 1.807) is 0 Å². The van der Waals surface area contributed by atoms with E-state index in [4.69, 9.17) is 4.52 Å². The molecule has 26 heavy (non-hydrogen) atoms. The third kappa shape index (κ3) is 2.88. The molecule has 0 aromatic carbocycles. The van der Waals surface area contributed by atoms with E-state index in [1.807, 2.05) is 23.6 Å². The number of likely N-dealkylation sites (tertiary alicyclic amines) is 1. The SMILES string of the molecule is Cc1ccc2nnc(C3CCN(Cc4noc(C5CCC5)n4)CC3)n2n1. The topological polar surface area (TPSA) is 85.2 Å². The van der Waals surface area contributed by atoms with Gasteiger partial charge in [0.1, 0.15) is 0 Å². The maximum atomic E-state index is 5.43. The molecule has 1 aliphatic heterocycles. The van der Waals surface area contributed by atoms with Crippen LogP contribution < -0.4 is 0 Å². The summed E-state index contributed by atoms with van der Waals surface area (Å²) in [6.45, 7) is 4.76. The van der Waals surface area contributed by atoms with Gasteiger partial charge in [0.25, 0.3) is 0 Å². The Morgan fingerprint density at radius 2 is 1.92 bits per heavy atom. The molecule has 136 valence electrons. The van der Waals surface area contributed by atoms with Crippen molar-refractivity contribution in [3.63, 3.8) is 0 Å². The summed E-state index contributed by atoms with van der Waals surface area (Å²) in [5, 5.41) is 17.4. The molecule has 1 saturated heterocycles. The second kappa shape index (κ2) is 6.42. The lowest BCUT2D eigenvalue weighted by molar-refractivity contribution is 0.194. The molecule has 8 nitrogen and oxygen atoms in total. The molecule has 8 heteroatoms. The van der Waals surface area contributed by atoms with E-state index in [0.717, 1.165) is 61.4 Å². The first kappa shape index (κ1) is 15.9. The second-order valence-corrected chi connectivity index (χ2v) is 7.53. The van der Waals surface area contributed by atoms with E-state index in [-0.39, 0.29) is 0 Å². The first-order valence-electron chi connectivity index (χ1n) is 9.50. The lowest BCUT2D eigenvalue weighted by atomic mass is 9.85. The summed E-state index contributed by atoms with van der Waals surface area (Å²) in [5.41, 5.74) is 1.80. The predicted octanol–water partition coefficient (Wildman–Crippen LogP) is 2.46. The van der Waals surface area contributed by atoms with Crippen LogP contribution >= 0.6 is 0 Å². The zero-order valence-corrected chi connectivity index (χ0v) is 15.0. The number of fused-ring (bicyclic) bond motifs is 1. The molecule has 1 saturated carbocycles. The van der Waals surface area contributed by atoms with Crippen LogP contribution in [0, 0.1) is 6.92 Å². The van der Waals surface area contributed by atoms with Crippen LogP contribution in [0.1, 0.15) is 67.2 Å². The van der Waals surface area contributed by atoms with E-state index in [9.17, 15) is 0 Å². The summed E-state index contributed by atoms with van der Waals surface area (Å²) in [6.07, 6.45) is 5.74. The zero-order valence-electron chi connectivity index (χ0n) is 15.0. The van der Waals surface area contributed by atoms with Crippen LogP contribution in [0.2, 0.25) is 0 Å². The van der Waals surface area contributed by atoms with Gasteiger partial charge in [-0.2, -0.15) is 14.6 Å². The normalized spacial score (nSPS) is 19.9. The number of nitrogens with zero attached hydrogens (tertiary/aromatic N) is 7. The first-order chi connectivity index (χ1) is 12.8. The highest BCUT2D eigenvalue weighted by Gasteiger charge is 2.28. The summed E-state index contributed by atoms with van der Waals surface area (Å²) < 4.78 is 7.33. The lowest BCUT2D eigenvalue weighted by Gasteiger charge is -2.30. The largest absolute Gasteiger partial charge is 0.339 e. The molecule has 0 unspecified atom stereocenters. The van der Waals surface area contributed by atoms with Crippen LogP contribution in [0.3, 0.4) is 0 Å². The number of hydrogen-bond donors (Lipinski definition) is 0. The Morgan fingerprint density at radius 1 is 1.08 bits per heavy atom. The summed E-state index contributed by atoms with van der Waals surface area (Å²) in [6, 6.07) is 3.95. The lowest BCUT2D eigenvalue weighted by Crippen LogP contribution is -2.33. The van der Waals surface area contributed by atoms with Crippen molar-refractivity contribution < 1.29 is 4.52 Å². The molecule has 2 aliphatic rings. The van der Waals surface area contributed by atoms with Crippen LogP contribution in [0.5, 0.6) is 0 Å². The van der Waals surface area contributed by atoms with E-state index in [2.05, 4.69) is 30.3 Å². The summed E-state index contributed by atoms with van der Waals surface area (Å²) in [5.74, 6) is 3.52. The van der Waals surface area contributed by atoms with Gasteiger partial charge in [-0.1, -0.05) is 11.6 Å². The minimum atomic E-state index is 0.395. The van der Waals surface area contributed by atoms with Gasteiger partial charge < -0.3 is 4.52 Å².